The van der Waals surface area contributed by atoms with E-state index in [9.17, 15) is 0 Å². The Kier molecular flexibility index (Phi) is 1.81. The Hall–Kier alpha value is 0.177. The van der Waals surface area contributed by atoms with Gasteiger partial charge >= 0.3 is 0 Å². The van der Waals surface area contributed by atoms with E-state index in [4.69, 9.17) is 7.03 Å². The first-order valence-corrected chi connectivity index (χ1v) is 4.08. The summed E-state index contributed by atoms with van der Waals surface area (Å²) in [6.07, 6.45) is 0. The first kappa shape index (κ1) is 3.21. The van der Waals surface area contributed by atoms with Crippen LogP contribution in [-0.2, 0) is 4.43 Å². The summed E-state index contributed by atoms with van der Waals surface area (Å²) >= 11 is 0. The van der Waals surface area contributed by atoms with Crippen molar-refractivity contribution in [2.24, 2.45) is 0 Å². The SMILES string of the molecule is [3H]CC[Si]([3H])(C)OC. The van der Waals surface area contributed by atoms with Crippen molar-refractivity contribution in [3.63, 3.8) is 0 Å². The van der Waals surface area contributed by atoms with Crippen molar-refractivity contribution in [1.82, 2.24) is 0 Å². The predicted molar refractivity (Wildman–Crippen MR) is 30.5 cm³/mol. The van der Waals surface area contributed by atoms with E-state index in [2.05, 4.69) is 0 Å². The van der Waals surface area contributed by atoms with Gasteiger partial charge in [-0.1, -0.05) is 6.90 Å². The van der Waals surface area contributed by atoms with Gasteiger partial charge in [-0.3, -0.25) is 0 Å². The zero-order valence-corrected chi connectivity index (χ0v) is 5.32. The van der Waals surface area contributed by atoms with Crippen LogP contribution in [0.3, 0.4) is 0 Å². The molecule has 0 saturated heterocycles. The van der Waals surface area contributed by atoms with Gasteiger partial charge in [-0.05, 0) is 12.6 Å². The maximum atomic E-state index is 7.37. The van der Waals surface area contributed by atoms with Gasteiger partial charge in [0, 0.05) is 9.72 Å². The molecule has 1 atom stereocenters. The highest BCUT2D eigenvalue weighted by Crippen LogP contribution is 1.86. The standard InChI is InChI=1S/C4H12OSi/c1-4-6(3)5-2/h6H,4H2,1-3H3/i1T,6T. The van der Waals surface area contributed by atoms with Crippen LogP contribution in [0, 0.1) is 0 Å². The molecule has 0 spiro atoms. The molecule has 2 heteroatoms. The van der Waals surface area contributed by atoms with E-state index < -0.39 is 8.97 Å². The van der Waals surface area contributed by atoms with Gasteiger partial charge in [-0.25, -0.2) is 0 Å². The summed E-state index contributed by atoms with van der Waals surface area (Å²) < 4.78 is 19.0. The summed E-state index contributed by atoms with van der Waals surface area (Å²) in [6.45, 7) is 2.11. The number of rotatable bonds is 2. The van der Waals surface area contributed by atoms with Gasteiger partial charge in [0.15, 0.2) is 8.97 Å². The monoisotopic (exact) mass is 108 g/mol. The van der Waals surface area contributed by atoms with Crippen LogP contribution in [0.15, 0.2) is 0 Å². The average molecular weight is 108 g/mol. The Balaban J connectivity index is 3.37. The van der Waals surface area contributed by atoms with Crippen LogP contribution < -0.4 is 0 Å². The molecule has 0 aromatic rings. The molecule has 1 nitrogen and oxygen atoms in total. The van der Waals surface area contributed by atoms with E-state index >= 15 is 0 Å². The molecule has 0 aliphatic rings. The second kappa shape index (κ2) is 3.37. The maximum absolute atomic E-state index is 7.37. The minimum atomic E-state index is -2.11. The highest BCUT2D eigenvalue weighted by molar-refractivity contribution is 6.49. The topological polar surface area (TPSA) is 9.23 Å². The third-order valence-electron chi connectivity index (χ3n) is 0.701. The van der Waals surface area contributed by atoms with Crippen molar-refractivity contribution in [2.75, 3.05) is 7.11 Å². The summed E-state index contributed by atoms with van der Waals surface area (Å²) in [4.78, 5) is 0. The number of hydrogen-bond acceptors (Lipinski definition) is 1. The Morgan fingerprint density at radius 2 is 2.83 bits per heavy atom. The van der Waals surface area contributed by atoms with Crippen molar-refractivity contribution in [3.8, 4) is 0 Å². The van der Waals surface area contributed by atoms with Crippen LogP contribution in [0.2, 0.25) is 12.6 Å². The molecule has 0 aliphatic carbocycles. The van der Waals surface area contributed by atoms with Crippen molar-refractivity contribution >= 4 is 8.97 Å². The van der Waals surface area contributed by atoms with E-state index in [1.54, 1.807) is 13.7 Å². The van der Waals surface area contributed by atoms with Crippen LogP contribution >= 0.6 is 0 Å². The van der Waals surface area contributed by atoms with E-state index in [0.29, 0.717) is 12.9 Å². The quantitative estimate of drug-likeness (QED) is 0.480. The van der Waals surface area contributed by atoms with Crippen molar-refractivity contribution in [2.45, 2.75) is 19.5 Å². The normalized spacial score (nSPS) is 24.3. The third-order valence-corrected chi connectivity index (χ3v) is 2.10. The molecule has 1 unspecified atom stereocenters. The smallest absolute Gasteiger partial charge is 0.173 e. The molecule has 0 fully saturated rings. The molecule has 0 aliphatic heterocycles. The van der Waals surface area contributed by atoms with Gasteiger partial charge in [0.2, 0.25) is 0 Å². The molecular weight excluding hydrogens is 92.1 g/mol. The molecule has 0 saturated carbocycles. The van der Waals surface area contributed by atoms with Gasteiger partial charge in [0.25, 0.3) is 0 Å². The van der Waals surface area contributed by atoms with Crippen LogP contribution in [0.5, 0.6) is 0 Å². The van der Waals surface area contributed by atoms with Crippen molar-refractivity contribution in [1.29, 1.82) is 1.23 Å². The second-order valence-corrected chi connectivity index (χ2v) is 3.47. The van der Waals surface area contributed by atoms with Crippen LogP contribution in [-0.4, -0.2) is 17.3 Å². The minimum Gasteiger partial charge on any atom is -0.423 e. The lowest BCUT2D eigenvalue weighted by Crippen LogP contribution is -2.06. The fraction of sp³-hybridized carbons (Fsp3) is 1.00. The fourth-order valence-corrected chi connectivity index (χ4v) is 0.306. The van der Waals surface area contributed by atoms with Crippen LogP contribution in [0.25, 0.3) is 0 Å². The van der Waals surface area contributed by atoms with Gasteiger partial charge < -0.3 is 4.43 Å². The molecule has 0 radical (unpaired) electrons. The van der Waals surface area contributed by atoms with E-state index in [1.807, 2.05) is 0 Å². The molecule has 0 aromatic heterocycles. The second-order valence-electron chi connectivity index (χ2n) is 1.16. The van der Waals surface area contributed by atoms with Gasteiger partial charge in [0.1, 0.15) is 0 Å². The van der Waals surface area contributed by atoms with Crippen molar-refractivity contribution < 1.29 is 5.80 Å². The fourth-order valence-electron chi connectivity index (χ4n) is 0.102. The molecule has 0 aromatic carbocycles. The predicted octanol–water partition coefficient (Wildman–Crippen LogP) is 1.01. The molecule has 0 bridgehead atoms. The Labute approximate surface area is 43.7 Å². The molecule has 38 valence electrons. The van der Waals surface area contributed by atoms with Gasteiger partial charge in [-0.15, -0.1) is 0 Å². The zero-order valence-electron chi connectivity index (χ0n) is 6.32. The van der Waals surface area contributed by atoms with Crippen molar-refractivity contribution in [3.05, 3.63) is 0 Å². The summed E-state index contributed by atoms with van der Waals surface area (Å²) in [5.74, 6) is 0. The first-order chi connectivity index (χ1) is 3.62. The third kappa shape index (κ3) is 2.42. The minimum absolute atomic E-state index is 0.320. The lowest BCUT2D eigenvalue weighted by atomic mass is 11.0. The van der Waals surface area contributed by atoms with Gasteiger partial charge in [-0.2, -0.15) is 0 Å². The van der Waals surface area contributed by atoms with Crippen LogP contribution in [0.4, 0.5) is 0 Å². The maximum Gasteiger partial charge on any atom is 0.173 e. The van der Waals surface area contributed by atoms with Gasteiger partial charge in [0.05, 0.1) is 0 Å². The lowest BCUT2D eigenvalue weighted by molar-refractivity contribution is 0.425. The van der Waals surface area contributed by atoms with E-state index in [0.717, 1.165) is 0 Å². The molecule has 0 N–H and O–H groups in total. The highest BCUT2D eigenvalue weighted by Gasteiger charge is 1.92. The lowest BCUT2D eigenvalue weighted by Gasteiger charge is -1.98. The first-order valence-electron chi connectivity index (χ1n) is 3.17. The molecular formula is C4H12OSi. The van der Waals surface area contributed by atoms with E-state index in [1.165, 1.54) is 0 Å². The van der Waals surface area contributed by atoms with Crippen LogP contribution in [0.1, 0.15) is 8.27 Å². The molecule has 0 amide bonds. The summed E-state index contributed by atoms with van der Waals surface area (Å²) in [6, 6.07) is 0.615. The Bertz CT molecular complexity index is 67.1. The molecule has 6 heavy (non-hydrogen) atoms. The summed E-state index contributed by atoms with van der Waals surface area (Å²) in [7, 11) is -0.564. The largest absolute Gasteiger partial charge is 0.423 e. The van der Waals surface area contributed by atoms with E-state index in [-0.39, 0.29) is 0 Å². The zero-order chi connectivity index (χ0) is 6.62. The molecule has 0 heterocycles. The average Bonchev–Trinajstić information content (AvgIpc) is 1.67. The highest BCUT2D eigenvalue weighted by atomic mass is 28.3. The summed E-state index contributed by atoms with van der Waals surface area (Å²) in [5, 5.41) is 0. The Morgan fingerprint density at radius 1 is 2.17 bits per heavy atom. The number of hydrogen-bond donors (Lipinski definition) is 0. The summed E-state index contributed by atoms with van der Waals surface area (Å²) in [5.41, 5.74) is 0. The molecule has 0 rings (SSSR count). The Morgan fingerprint density at radius 3 is 3.00 bits per heavy atom.